The van der Waals surface area contributed by atoms with E-state index >= 15 is 0 Å². The number of nitrogens with one attached hydrogen (secondary N) is 1. The average Bonchev–Trinajstić information content (AvgIpc) is 3.03. The number of nitrogen functional groups attached to an aromatic ring is 1. The van der Waals surface area contributed by atoms with Crippen LogP contribution < -0.4 is 11.1 Å². The van der Waals surface area contributed by atoms with E-state index in [1.165, 1.54) is 28.6 Å². The van der Waals surface area contributed by atoms with Crippen LogP contribution in [-0.2, 0) is 24.2 Å². The van der Waals surface area contributed by atoms with Crippen LogP contribution in [0.15, 0.2) is 35.5 Å². The number of carbonyl (C=O) groups is 1. The second kappa shape index (κ2) is 7.86. The molecule has 3 N–H and O–H groups in total. The molecule has 1 aliphatic carbocycles. The molecule has 0 saturated heterocycles. The van der Waals surface area contributed by atoms with Crippen molar-refractivity contribution >= 4 is 45.0 Å². The van der Waals surface area contributed by atoms with Gasteiger partial charge in [-0.15, -0.1) is 11.3 Å². The Morgan fingerprint density at radius 2 is 2.15 bits per heavy atom. The number of aryl methyl sites for hydroxylation is 1. The lowest BCUT2D eigenvalue weighted by Crippen LogP contribution is -2.24. The SMILES string of the molecule is CC1CCc2c(sc3nc(SCC(=O)NCc4ccccc4)nc(N)c23)C1. The third-order valence-corrected chi connectivity index (χ3v) is 6.82. The summed E-state index contributed by atoms with van der Waals surface area (Å²) >= 11 is 3.06. The molecule has 1 atom stereocenters. The molecule has 4 rings (SSSR count). The number of rotatable bonds is 5. The van der Waals surface area contributed by atoms with Gasteiger partial charge in [-0.25, -0.2) is 9.97 Å². The van der Waals surface area contributed by atoms with Gasteiger partial charge in [0.1, 0.15) is 10.6 Å². The Labute approximate surface area is 166 Å². The molecule has 3 aromatic rings. The van der Waals surface area contributed by atoms with E-state index in [1.807, 2.05) is 30.3 Å². The zero-order valence-electron chi connectivity index (χ0n) is 15.2. The van der Waals surface area contributed by atoms with E-state index in [4.69, 9.17) is 5.73 Å². The maximum atomic E-state index is 12.1. The van der Waals surface area contributed by atoms with Gasteiger partial charge in [-0.3, -0.25) is 4.79 Å². The van der Waals surface area contributed by atoms with Crippen molar-refractivity contribution in [3.05, 3.63) is 46.3 Å². The van der Waals surface area contributed by atoms with Crippen LogP contribution in [0.25, 0.3) is 10.2 Å². The van der Waals surface area contributed by atoms with Crippen LogP contribution in [0, 0.1) is 5.92 Å². The molecular formula is C20H22N4OS2. The minimum absolute atomic E-state index is 0.0366. The van der Waals surface area contributed by atoms with Gasteiger partial charge in [-0.2, -0.15) is 0 Å². The molecule has 27 heavy (non-hydrogen) atoms. The van der Waals surface area contributed by atoms with Gasteiger partial charge in [0.2, 0.25) is 5.91 Å². The number of nitrogens with two attached hydrogens (primary N) is 1. The zero-order valence-corrected chi connectivity index (χ0v) is 16.8. The van der Waals surface area contributed by atoms with Gasteiger partial charge in [-0.05, 0) is 36.3 Å². The number of hydrogen-bond acceptors (Lipinski definition) is 6. The highest BCUT2D eigenvalue weighted by molar-refractivity contribution is 7.99. The predicted octanol–water partition coefficient (Wildman–Crippen LogP) is 3.81. The van der Waals surface area contributed by atoms with E-state index < -0.39 is 0 Å². The van der Waals surface area contributed by atoms with Crippen LogP contribution in [0.2, 0.25) is 0 Å². The normalized spacial score (nSPS) is 16.3. The zero-order chi connectivity index (χ0) is 18.8. The van der Waals surface area contributed by atoms with E-state index in [-0.39, 0.29) is 11.7 Å². The van der Waals surface area contributed by atoms with Crippen molar-refractivity contribution in [3.8, 4) is 0 Å². The largest absolute Gasteiger partial charge is 0.383 e. The minimum atomic E-state index is -0.0366. The van der Waals surface area contributed by atoms with Gasteiger partial charge in [0.15, 0.2) is 5.16 Å². The van der Waals surface area contributed by atoms with Crippen LogP contribution in [0.1, 0.15) is 29.3 Å². The molecule has 0 radical (unpaired) electrons. The maximum Gasteiger partial charge on any atom is 0.230 e. The van der Waals surface area contributed by atoms with Gasteiger partial charge in [0.05, 0.1) is 11.1 Å². The van der Waals surface area contributed by atoms with Gasteiger partial charge < -0.3 is 11.1 Å². The number of nitrogens with zero attached hydrogens (tertiary/aromatic N) is 2. The standard InChI is InChI=1S/C20H22N4OS2/c1-12-7-8-14-15(9-12)27-19-17(14)18(21)23-20(24-19)26-11-16(25)22-10-13-5-3-2-4-6-13/h2-6,12H,7-11H2,1H3,(H,22,25)(H2,21,23,24). The van der Waals surface area contributed by atoms with Gasteiger partial charge >= 0.3 is 0 Å². The molecule has 7 heteroatoms. The summed E-state index contributed by atoms with van der Waals surface area (Å²) in [5, 5.41) is 4.52. The van der Waals surface area contributed by atoms with Crippen LogP contribution >= 0.6 is 23.1 Å². The van der Waals surface area contributed by atoms with Gasteiger partial charge in [0, 0.05) is 11.4 Å². The first kappa shape index (κ1) is 18.3. The molecule has 140 valence electrons. The molecule has 1 unspecified atom stereocenters. The van der Waals surface area contributed by atoms with Crippen LogP contribution in [0.3, 0.4) is 0 Å². The lowest BCUT2D eigenvalue weighted by molar-refractivity contribution is -0.118. The highest BCUT2D eigenvalue weighted by atomic mass is 32.2. The van der Waals surface area contributed by atoms with Crippen molar-refractivity contribution in [2.75, 3.05) is 11.5 Å². The highest BCUT2D eigenvalue weighted by Gasteiger charge is 2.23. The van der Waals surface area contributed by atoms with E-state index in [0.717, 1.165) is 28.6 Å². The van der Waals surface area contributed by atoms with Crippen LogP contribution in [-0.4, -0.2) is 21.6 Å². The molecule has 0 spiro atoms. The first-order chi connectivity index (χ1) is 13.1. The lowest BCUT2D eigenvalue weighted by Gasteiger charge is -2.17. The van der Waals surface area contributed by atoms with Crippen molar-refractivity contribution in [2.45, 2.75) is 37.9 Å². The number of anilines is 1. The second-order valence-electron chi connectivity index (χ2n) is 6.97. The monoisotopic (exact) mass is 398 g/mol. The number of aromatic nitrogens is 2. The van der Waals surface area contributed by atoms with Crippen molar-refractivity contribution in [1.29, 1.82) is 0 Å². The summed E-state index contributed by atoms with van der Waals surface area (Å²) in [4.78, 5) is 23.6. The fraction of sp³-hybridized carbons (Fsp3) is 0.350. The Morgan fingerprint density at radius 1 is 1.33 bits per heavy atom. The summed E-state index contributed by atoms with van der Waals surface area (Å²) in [5.41, 5.74) is 8.66. The van der Waals surface area contributed by atoms with E-state index in [1.54, 1.807) is 11.3 Å². The quantitative estimate of drug-likeness (QED) is 0.505. The number of thioether (sulfide) groups is 1. The Kier molecular flexibility index (Phi) is 5.31. The maximum absolute atomic E-state index is 12.1. The third-order valence-electron chi connectivity index (χ3n) is 4.83. The molecular weight excluding hydrogens is 376 g/mol. The van der Waals surface area contributed by atoms with E-state index in [0.29, 0.717) is 23.4 Å². The second-order valence-corrected chi connectivity index (χ2v) is 9.00. The first-order valence-corrected chi connectivity index (χ1v) is 10.9. The molecule has 2 heterocycles. The van der Waals surface area contributed by atoms with Crippen LogP contribution in [0.4, 0.5) is 5.82 Å². The van der Waals surface area contributed by atoms with Crippen molar-refractivity contribution in [2.24, 2.45) is 5.92 Å². The van der Waals surface area contributed by atoms with E-state index in [9.17, 15) is 4.79 Å². The summed E-state index contributed by atoms with van der Waals surface area (Å²) < 4.78 is 0. The molecule has 0 bridgehead atoms. The summed E-state index contributed by atoms with van der Waals surface area (Å²) in [6.45, 7) is 2.82. The number of carbonyl (C=O) groups excluding carboxylic acids is 1. The molecule has 1 amide bonds. The molecule has 5 nitrogen and oxygen atoms in total. The number of fused-ring (bicyclic) bond motifs is 3. The lowest BCUT2D eigenvalue weighted by atomic mass is 9.89. The van der Waals surface area contributed by atoms with Crippen molar-refractivity contribution in [1.82, 2.24) is 15.3 Å². The molecule has 1 aromatic carbocycles. The van der Waals surface area contributed by atoms with Gasteiger partial charge in [-0.1, -0.05) is 49.0 Å². The fourth-order valence-corrected chi connectivity index (χ4v) is 5.52. The van der Waals surface area contributed by atoms with Gasteiger partial charge in [0.25, 0.3) is 0 Å². The smallest absolute Gasteiger partial charge is 0.230 e. The molecule has 0 saturated carbocycles. The minimum Gasteiger partial charge on any atom is -0.383 e. The number of thiophene rings is 1. The molecule has 2 aromatic heterocycles. The first-order valence-electron chi connectivity index (χ1n) is 9.11. The third kappa shape index (κ3) is 4.09. The fourth-order valence-electron chi connectivity index (χ4n) is 3.39. The average molecular weight is 399 g/mol. The topological polar surface area (TPSA) is 80.9 Å². The Bertz CT molecular complexity index is 971. The summed E-state index contributed by atoms with van der Waals surface area (Å²) in [7, 11) is 0. The molecule has 0 aliphatic heterocycles. The number of benzene rings is 1. The van der Waals surface area contributed by atoms with E-state index in [2.05, 4.69) is 22.2 Å². The Hall–Kier alpha value is -2.12. The molecule has 1 aliphatic rings. The highest BCUT2D eigenvalue weighted by Crippen LogP contribution is 2.39. The molecule has 0 fully saturated rings. The van der Waals surface area contributed by atoms with Crippen LogP contribution in [0.5, 0.6) is 0 Å². The summed E-state index contributed by atoms with van der Waals surface area (Å²) in [5.74, 6) is 1.49. The summed E-state index contributed by atoms with van der Waals surface area (Å²) in [6, 6.07) is 9.87. The van der Waals surface area contributed by atoms with Crippen molar-refractivity contribution in [3.63, 3.8) is 0 Å². The predicted molar refractivity (Wildman–Crippen MR) is 112 cm³/mol. The summed E-state index contributed by atoms with van der Waals surface area (Å²) in [6.07, 6.45) is 3.34. The number of amides is 1. The Balaban J connectivity index is 1.42. The Morgan fingerprint density at radius 3 is 2.96 bits per heavy atom. The number of hydrogen-bond donors (Lipinski definition) is 2. The van der Waals surface area contributed by atoms with Crippen molar-refractivity contribution < 1.29 is 4.79 Å².